The maximum atomic E-state index is 2.40. The van der Waals surface area contributed by atoms with E-state index in [9.17, 15) is 0 Å². The largest absolute Gasteiger partial charge is 0.0610 e. The molecule has 0 heterocycles. The van der Waals surface area contributed by atoms with Crippen molar-refractivity contribution in [2.24, 2.45) is 0 Å². The molecular formula is C44H30. The van der Waals surface area contributed by atoms with E-state index in [0.717, 1.165) is 25.7 Å². The summed E-state index contributed by atoms with van der Waals surface area (Å²) in [5.41, 5.74) is 8.68. The minimum absolute atomic E-state index is 1.08. The van der Waals surface area contributed by atoms with Gasteiger partial charge in [-0.15, -0.1) is 0 Å². The van der Waals surface area contributed by atoms with Gasteiger partial charge in [-0.25, -0.2) is 0 Å². The molecule has 8 aromatic rings. The van der Waals surface area contributed by atoms with Gasteiger partial charge in [0.05, 0.1) is 0 Å². The fourth-order valence-corrected chi connectivity index (χ4v) is 8.29. The van der Waals surface area contributed by atoms with Gasteiger partial charge in [0, 0.05) is 0 Å². The van der Waals surface area contributed by atoms with Crippen LogP contribution in [0.4, 0.5) is 0 Å². The predicted octanol–water partition coefficient (Wildman–Crippen LogP) is 12.4. The van der Waals surface area contributed by atoms with Crippen LogP contribution in [0.3, 0.4) is 0 Å². The molecule has 0 spiro atoms. The second kappa shape index (κ2) is 9.15. The molecule has 0 radical (unpaired) electrons. The molecule has 2 aliphatic carbocycles. The van der Waals surface area contributed by atoms with Crippen molar-refractivity contribution in [1.29, 1.82) is 0 Å². The lowest BCUT2D eigenvalue weighted by Crippen LogP contribution is -2.01. The highest BCUT2D eigenvalue weighted by atomic mass is 14.2. The van der Waals surface area contributed by atoms with Crippen LogP contribution in [-0.4, -0.2) is 0 Å². The third-order valence-electron chi connectivity index (χ3n) is 10.5. The molecular weight excluding hydrogens is 528 g/mol. The highest BCUT2D eigenvalue weighted by Crippen LogP contribution is 2.43. The monoisotopic (exact) mass is 558 g/mol. The third kappa shape index (κ3) is 3.46. The second-order valence-corrected chi connectivity index (χ2v) is 12.7. The van der Waals surface area contributed by atoms with Crippen molar-refractivity contribution >= 4 is 75.8 Å². The maximum absolute atomic E-state index is 2.40. The Hall–Kier alpha value is -5.20. The smallest absolute Gasteiger partial charge is 0.00207 e. The van der Waals surface area contributed by atoms with Gasteiger partial charge in [-0.2, -0.15) is 0 Å². The number of rotatable bonds is 3. The molecule has 0 saturated heterocycles. The lowest BCUT2D eigenvalue weighted by molar-refractivity contribution is 0.914. The van der Waals surface area contributed by atoms with Crippen LogP contribution in [0.1, 0.15) is 36.8 Å². The summed E-state index contributed by atoms with van der Waals surface area (Å²) in [6.07, 6.45) is 14.0. The van der Waals surface area contributed by atoms with Crippen LogP contribution >= 0.6 is 0 Å². The van der Waals surface area contributed by atoms with Gasteiger partial charge in [0.25, 0.3) is 0 Å². The van der Waals surface area contributed by atoms with Crippen molar-refractivity contribution < 1.29 is 0 Å². The summed E-state index contributed by atoms with van der Waals surface area (Å²) in [4.78, 5) is 0. The first-order valence-corrected chi connectivity index (χ1v) is 15.9. The maximum Gasteiger partial charge on any atom is -0.00207 e. The van der Waals surface area contributed by atoms with Gasteiger partial charge in [-0.1, -0.05) is 133 Å². The summed E-state index contributed by atoms with van der Waals surface area (Å²) in [6, 6.07) is 41.0. The number of hydrogen-bond donors (Lipinski definition) is 0. The number of benzene rings is 8. The third-order valence-corrected chi connectivity index (χ3v) is 10.5. The topological polar surface area (TPSA) is 0 Å². The number of allylic oxidation sites excluding steroid dienone is 8. The second-order valence-electron chi connectivity index (χ2n) is 12.7. The van der Waals surface area contributed by atoms with Gasteiger partial charge in [0.2, 0.25) is 0 Å². The molecule has 206 valence electrons. The van der Waals surface area contributed by atoms with Gasteiger partial charge in [0.1, 0.15) is 0 Å². The number of hydrogen-bond acceptors (Lipinski definition) is 0. The molecule has 8 aromatic carbocycles. The predicted molar refractivity (Wildman–Crippen MR) is 191 cm³/mol. The molecule has 44 heavy (non-hydrogen) atoms. The van der Waals surface area contributed by atoms with Crippen LogP contribution in [0, 0.1) is 0 Å². The molecule has 0 heteroatoms. The zero-order chi connectivity index (χ0) is 28.8. The molecule has 0 unspecified atom stereocenters. The summed E-state index contributed by atoms with van der Waals surface area (Å²) in [6.45, 7) is 0. The molecule has 0 amide bonds. The van der Waals surface area contributed by atoms with Gasteiger partial charge < -0.3 is 0 Å². The van der Waals surface area contributed by atoms with Gasteiger partial charge in [-0.3, -0.25) is 0 Å². The quantitative estimate of drug-likeness (QED) is 0.189. The molecule has 0 saturated carbocycles. The Kier molecular flexibility index (Phi) is 5.05. The van der Waals surface area contributed by atoms with E-state index >= 15 is 0 Å². The van der Waals surface area contributed by atoms with E-state index in [1.54, 1.807) is 0 Å². The first-order chi connectivity index (χ1) is 21.8. The highest BCUT2D eigenvalue weighted by Gasteiger charge is 2.19. The van der Waals surface area contributed by atoms with Crippen molar-refractivity contribution in [2.45, 2.75) is 25.7 Å². The SMILES string of the molecule is C1=C(C2=CC=C(c3ccc4ccc5cccc6ccc3c4c56)CC2)CCC(c2ccc3ccc4cccc5ccc2c3c45)=C1. The minimum Gasteiger partial charge on any atom is -0.0610 e. The van der Waals surface area contributed by atoms with E-state index in [4.69, 9.17) is 0 Å². The molecule has 10 rings (SSSR count). The van der Waals surface area contributed by atoms with Crippen LogP contribution in [0.5, 0.6) is 0 Å². The van der Waals surface area contributed by atoms with Gasteiger partial charge in [-0.05, 0) is 124 Å². The average molecular weight is 559 g/mol. The fraction of sp³-hybridized carbons (Fsp3) is 0.0909. The van der Waals surface area contributed by atoms with Crippen molar-refractivity contribution in [3.05, 3.63) is 156 Å². The Morgan fingerprint density at radius 2 is 0.591 bits per heavy atom. The molecule has 0 nitrogen and oxygen atoms in total. The molecule has 2 aliphatic rings. The Morgan fingerprint density at radius 1 is 0.273 bits per heavy atom. The van der Waals surface area contributed by atoms with Crippen LogP contribution in [0.25, 0.3) is 75.8 Å². The van der Waals surface area contributed by atoms with Crippen molar-refractivity contribution in [3.8, 4) is 0 Å². The molecule has 0 aliphatic heterocycles. The Balaban J connectivity index is 1.01. The molecule has 0 N–H and O–H groups in total. The lowest BCUT2D eigenvalue weighted by atomic mass is 9.82. The fourth-order valence-electron chi connectivity index (χ4n) is 8.29. The normalized spacial score (nSPS) is 15.9. The van der Waals surface area contributed by atoms with Gasteiger partial charge in [0.15, 0.2) is 0 Å². The Morgan fingerprint density at radius 3 is 0.977 bits per heavy atom. The van der Waals surface area contributed by atoms with Gasteiger partial charge >= 0.3 is 0 Å². The van der Waals surface area contributed by atoms with Crippen LogP contribution in [0.2, 0.25) is 0 Å². The molecule has 0 atom stereocenters. The zero-order valence-electron chi connectivity index (χ0n) is 24.5. The first kappa shape index (κ1) is 24.3. The summed E-state index contributed by atoms with van der Waals surface area (Å²) in [7, 11) is 0. The van der Waals surface area contributed by atoms with Crippen molar-refractivity contribution in [1.82, 2.24) is 0 Å². The van der Waals surface area contributed by atoms with E-state index in [1.807, 2.05) is 0 Å². The van der Waals surface area contributed by atoms with Crippen LogP contribution in [0.15, 0.2) is 145 Å². The van der Waals surface area contributed by atoms with Crippen molar-refractivity contribution in [2.75, 3.05) is 0 Å². The molecule has 0 fully saturated rings. The standard InChI is InChI=1S/C44H30/c1-3-31-15-17-35-19-23-37(39-25-21-33(5-1)41(31)43(35)39)29-11-7-27(8-12-29)28-9-13-30(14-10-28)38-24-20-36-18-16-32-4-2-6-34-22-26-40(38)44(36)42(32)34/h1-7,9,11,13,15-26H,8,10,12,14H2. The highest BCUT2D eigenvalue weighted by molar-refractivity contribution is 6.25. The van der Waals surface area contributed by atoms with Crippen molar-refractivity contribution in [3.63, 3.8) is 0 Å². The van der Waals surface area contributed by atoms with Crippen LogP contribution < -0.4 is 0 Å². The molecule has 0 bridgehead atoms. The van der Waals surface area contributed by atoms with Crippen LogP contribution in [-0.2, 0) is 0 Å². The van der Waals surface area contributed by atoms with E-state index in [2.05, 4.69) is 133 Å². The van der Waals surface area contributed by atoms with E-state index in [1.165, 1.54) is 98.1 Å². The zero-order valence-corrected chi connectivity index (χ0v) is 24.5. The van der Waals surface area contributed by atoms with E-state index in [-0.39, 0.29) is 0 Å². The Bertz CT molecular complexity index is 2370. The van der Waals surface area contributed by atoms with E-state index < -0.39 is 0 Å². The summed E-state index contributed by atoms with van der Waals surface area (Å²) in [5, 5.41) is 16.4. The summed E-state index contributed by atoms with van der Waals surface area (Å²) >= 11 is 0. The minimum atomic E-state index is 1.08. The first-order valence-electron chi connectivity index (χ1n) is 15.9. The summed E-state index contributed by atoms with van der Waals surface area (Å²) < 4.78 is 0. The average Bonchev–Trinajstić information content (AvgIpc) is 3.10. The lowest BCUT2D eigenvalue weighted by Gasteiger charge is -2.22. The van der Waals surface area contributed by atoms with E-state index in [0.29, 0.717) is 0 Å². The molecule has 0 aromatic heterocycles. The Labute approximate surface area is 256 Å². The summed E-state index contributed by atoms with van der Waals surface area (Å²) in [5.74, 6) is 0.